The molecule has 0 saturated carbocycles. The van der Waals surface area contributed by atoms with Crippen molar-refractivity contribution in [2.75, 3.05) is 7.11 Å². The van der Waals surface area contributed by atoms with Crippen LogP contribution in [0.3, 0.4) is 0 Å². The Labute approximate surface area is 104 Å². The number of rotatable bonds is 2. The molecule has 2 nitrogen and oxygen atoms in total. The highest BCUT2D eigenvalue weighted by molar-refractivity contribution is 5.86. The van der Waals surface area contributed by atoms with Gasteiger partial charge in [0.25, 0.3) is 0 Å². The second-order valence-electron chi connectivity index (χ2n) is 4.12. The molecule has 0 aliphatic rings. The lowest BCUT2D eigenvalue weighted by Gasteiger charge is -2.01. The van der Waals surface area contributed by atoms with Gasteiger partial charge in [-0.2, -0.15) is 0 Å². The van der Waals surface area contributed by atoms with Crippen LogP contribution < -0.4 is 4.74 Å². The van der Waals surface area contributed by atoms with Crippen LogP contribution >= 0.6 is 0 Å². The van der Waals surface area contributed by atoms with Crippen molar-refractivity contribution in [2.45, 2.75) is 0 Å². The first kappa shape index (κ1) is 10.8. The van der Waals surface area contributed by atoms with Crippen molar-refractivity contribution < 1.29 is 9.13 Å². The molecule has 0 saturated heterocycles. The number of hydrogen-bond donors (Lipinski definition) is 1. The van der Waals surface area contributed by atoms with E-state index < -0.39 is 0 Å². The molecule has 18 heavy (non-hydrogen) atoms. The van der Waals surface area contributed by atoms with Crippen LogP contribution in [-0.4, -0.2) is 12.1 Å². The molecule has 0 aliphatic carbocycles. The second kappa shape index (κ2) is 4.18. The van der Waals surface area contributed by atoms with Gasteiger partial charge in [-0.15, -0.1) is 0 Å². The highest BCUT2D eigenvalue weighted by atomic mass is 19.1. The predicted molar refractivity (Wildman–Crippen MR) is 70.2 cm³/mol. The molecule has 3 aromatic rings. The Kier molecular flexibility index (Phi) is 2.52. The molecule has 0 unspecified atom stereocenters. The minimum Gasteiger partial charge on any atom is -0.497 e. The van der Waals surface area contributed by atoms with Gasteiger partial charge in [-0.05, 0) is 42.0 Å². The third-order valence-electron chi connectivity index (χ3n) is 3.01. The highest BCUT2D eigenvalue weighted by Gasteiger charge is 2.06. The molecule has 1 heterocycles. The van der Waals surface area contributed by atoms with Crippen molar-refractivity contribution in [1.29, 1.82) is 0 Å². The number of para-hydroxylation sites is 1. The smallest absolute Gasteiger partial charge is 0.147 e. The van der Waals surface area contributed by atoms with Crippen molar-refractivity contribution in [3.8, 4) is 17.0 Å². The van der Waals surface area contributed by atoms with Gasteiger partial charge < -0.3 is 9.72 Å². The SMILES string of the molecule is COc1ccc(-c2cc3cccc(F)c3[nH]2)cc1. The summed E-state index contributed by atoms with van der Waals surface area (Å²) in [5.74, 6) is 0.577. The van der Waals surface area contributed by atoms with Crippen LogP contribution in [0.5, 0.6) is 5.75 Å². The van der Waals surface area contributed by atoms with Crippen molar-refractivity contribution in [1.82, 2.24) is 4.98 Å². The maximum atomic E-state index is 13.6. The highest BCUT2D eigenvalue weighted by Crippen LogP contribution is 2.26. The van der Waals surface area contributed by atoms with Gasteiger partial charge in [0.15, 0.2) is 0 Å². The Morgan fingerprint density at radius 1 is 1.06 bits per heavy atom. The zero-order valence-corrected chi connectivity index (χ0v) is 9.91. The Balaban J connectivity index is 2.10. The van der Waals surface area contributed by atoms with E-state index in [1.807, 2.05) is 36.4 Å². The lowest BCUT2D eigenvalue weighted by atomic mass is 10.1. The van der Waals surface area contributed by atoms with Crippen LogP contribution in [0, 0.1) is 5.82 Å². The van der Waals surface area contributed by atoms with Crippen LogP contribution in [0.4, 0.5) is 4.39 Å². The molecular formula is C15H12FNO. The van der Waals surface area contributed by atoms with Crippen molar-refractivity contribution in [3.63, 3.8) is 0 Å². The summed E-state index contributed by atoms with van der Waals surface area (Å²) in [5.41, 5.74) is 2.45. The van der Waals surface area contributed by atoms with Crippen LogP contribution in [0.2, 0.25) is 0 Å². The average molecular weight is 241 g/mol. The summed E-state index contributed by atoms with van der Waals surface area (Å²) < 4.78 is 18.7. The number of H-pyrrole nitrogens is 1. The second-order valence-corrected chi connectivity index (χ2v) is 4.12. The third kappa shape index (κ3) is 1.74. The zero-order chi connectivity index (χ0) is 12.5. The van der Waals surface area contributed by atoms with Gasteiger partial charge in [0.05, 0.1) is 12.6 Å². The maximum absolute atomic E-state index is 13.6. The van der Waals surface area contributed by atoms with Crippen LogP contribution in [-0.2, 0) is 0 Å². The van der Waals surface area contributed by atoms with Gasteiger partial charge in [-0.3, -0.25) is 0 Å². The number of fused-ring (bicyclic) bond motifs is 1. The topological polar surface area (TPSA) is 25.0 Å². The molecule has 0 radical (unpaired) electrons. The number of hydrogen-bond acceptors (Lipinski definition) is 1. The van der Waals surface area contributed by atoms with E-state index >= 15 is 0 Å². The van der Waals surface area contributed by atoms with Crippen molar-refractivity contribution in [3.05, 3.63) is 54.3 Å². The molecule has 0 bridgehead atoms. The summed E-state index contributed by atoms with van der Waals surface area (Å²) >= 11 is 0. The van der Waals surface area contributed by atoms with Gasteiger partial charge in [0, 0.05) is 11.1 Å². The lowest BCUT2D eigenvalue weighted by molar-refractivity contribution is 0.415. The molecule has 3 heteroatoms. The molecule has 3 rings (SSSR count). The van der Waals surface area contributed by atoms with Gasteiger partial charge in [0.1, 0.15) is 11.6 Å². The largest absolute Gasteiger partial charge is 0.497 e. The van der Waals surface area contributed by atoms with Gasteiger partial charge in [0.2, 0.25) is 0 Å². The number of benzene rings is 2. The first-order valence-corrected chi connectivity index (χ1v) is 5.69. The fourth-order valence-electron chi connectivity index (χ4n) is 2.05. The quantitative estimate of drug-likeness (QED) is 0.721. The van der Waals surface area contributed by atoms with Crippen LogP contribution in [0.25, 0.3) is 22.2 Å². The minimum atomic E-state index is -0.229. The summed E-state index contributed by atoms with van der Waals surface area (Å²) in [6, 6.07) is 14.7. The molecule has 90 valence electrons. The Hall–Kier alpha value is -2.29. The molecule has 0 amide bonds. The molecule has 0 atom stereocenters. The third-order valence-corrected chi connectivity index (χ3v) is 3.01. The molecular weight excluding hydrogens is 229 g/mol. The van der Waals surface area contributed by atoms with Crippen molar-refractivity contribution in [2.24, 2.45) is 0 Å². The lowest BCUT2D eigenvalue weighted by Crippen LogP contribution is -1.82. The molecule has 1 N–H and O–H groups in total. The Morgan fingerprint density at radius 2 is 1.83 bits per heavy atom. The standard InChI is InChI=1S/C15H12FNO/c1-18-12-7-5-10(6-8-12)14-9-11-3-2-4-13(16)15(11)17-14/h2-9,17H,1H3. The number of aromatic nitrogens is 1. The number of ether oxygens (including phenoxy) is 1. The van der Waals surface area contributed by atoms with E-state index in [-0.39, 0.29) is 5.82 Å². The minimum absolute atomic E-state index is 0.229. The summed E-state index contributed by atoms with van der Waals surface area (Å²) in [6.45, 7) is 0. The monoisotopic (exact) mass is 241 g/mol. The molecule has 0 aliphatic heterocycles. The van der Waals surface area contributed by atoms with Gasteiger partial charge in [-0.1, -0.05) is 12.1 Å². The van der Waals surface area contributed by atoms with Crippen LogP contribution in [0.15, 0.2) is 48.5 Å². The molecule has 1 aromatic heterocycles. The normalized spacial score (nSPS) is 10.8. The van der Waals surface area contributed by atoms with Crippen molar-refractivity contribution >= 4 is 10.9 Å². The molecule has 2 aromatic carbocycles. The first-order valence-electron chi connectivity index (χ1n) is 5.69. The van der Waals surface area contributed by atoms with E-state index in [1.165, 1.54) is 6.07 Å². The Morgan fingerprint density at radius 3 is 2.50 bits per heavy atom. The maximum Gasteiger partial charge on any atom is 0.147 e. The van der Waals surface area contributed by atoms with Gasteiger partial charge in [-0.25, -0.2) is 4.39 Å². The summed E-state index contributed by atoms with van der Waals surface area (Å²) in [5, 5.41) is 0.876. The number of nitrogens with one attached hydrogen (secondary N) is 1. The Bertz CT molecular complexity index is 685. The molecule has 0 spiro atoms. The van der Waals surface area contributed by atoms with E-state index in [2.05, 4.69) is 4.98 Å². The average Bonchev–Trinajstić information content (AvgIpc) is 2.84. The zero-order valence-electron chi connectivity index (χ0n) is 9.91. The van der Waals surface area contributed by atoms with Gasteiger partial charge >= 0.3 is 0 Å². The van der Waals surface area contributed by atoms with E-state index in [9.17, 15) is 4.39 Å². The molecule has 0 fully saturated rings. The van der Waals surface area contributed by atoms with Crippen LogP contribution in [0.1, 0.15) is 0 Å². The van der Waals surface area contributed by atoms with E-state index in [1.54, 1.807) is 13.2 Å². The fourth-order valence-corrected chi connectivity index (χ4v) is 2.05. The predicted octanol–water partition coefficient (Wildman–Crippen LogP) is 3.98. The number of methoxy groups -OCH3 is 1. The summed E-state index contributed by atoms with van der Waals surface area (Å²) in [7, 11) is 1.63. The van der Waals surface area contributed by atoms with E-state index in [0.717, 1.165) is 22.4 Å². The van der Waals surface area contributed by atoms with E-state index in [0.29, 0.717) is 5.52 Å². The fraction of sp³-hybridized carbons (Fsp3) is 0.0667. The first-order chi connectivity index (χ1) is 8.78. The van der Waals surface area contributed by atoms with E-state index in [4.69, 9.17) is 4.74 Å². The number of aromatic amines is 1. The number of halogens is 1. The summed E-state index contributed by atoms with van der Waals surface area (Å²) in [6.07, 6.45) is 0. The summed E-state index contributed by atoms with van der Waals surface area (Å²) in [4.78, 5) is 3.10.